The summed E-state index contributed by atoms with van der Waals surface area (Å²) < 4.78 is 0. The first-order chi connectivity index (χ1) is 5.68. The fourth-order valence-electron chi connectivity index (χ4n) is 0.941. The lowest BCUT2D eigenvalue weighted by Gasteiger charge is -1.90. The van der Waals surface area contributed by atoms with Crippen molar-refractivity contribution in [2.75, 3.05) is 0 Å². The van der Waals surface area contributed by atoms with E-state index in [-0.39, 0.29) is 0 Å². The van der Waals surface area contributed by atoms with Crippen molar-refractivity contribution in [1.82, 2.24) is 0 Å². The number of aliphatic hydroxyl groups is 1. The van der Waals surface area contributed by atoms with E-state index in [4.69, 9.17) is 0 Å². The maximum atomic E-state index is 9.43. The highest BCUT2D eigenvalue weighted by atomic mass is 32.1. The van der Waals surface area contributed by atoms with Crippen LogP contribution in [0.1, 0.15) is 23.3 Å². The Morgan fingerprint density at radius 1 is 1.58 bits per heavy atom. The van der Waals surface area contributed by atoms with Crippen molar-refractivity contribution in [2.24, 2.45) is 0 Å². The molecule has 0 saturated heterocycles. The molecule has 0 atom stereocenters. The second-order valence-corrected chi connectivity index (χ2v) is 4.34. The number of hydrogen-bond donors (Lipinski definition) is 1. The molecule has 0 spiro atoms. The van der Waals surface area contributed by atoms with Crippen LogP contribution >= 0.6 is 11.3 Å². The normalized spacial score (nSPS) is 18.2. The minimum absolute atomic E-state index is 0.643. The monoisotopic (exact) mass is 178 g/mol. The molecule has 1 aromatic heterocycles. The van der Waals surface area contributed by atoms with Gasteiger partial charge < -0.3 is 5.11 Å². The van der Waals surface area contributed by atoms with Crippen LogP contribution in [0, 0.1) is 18.8 Å². The maximum absolute atomic E-state index is 9.43. The van der Waals surface area contributed by atoms with Crippen LogP contribution < -0.4 is 0 Å². The summed E-state index contributed by atoms with van der Waals surface area (Å²) in [6.07, 6.45) is 1.67. The molecule has 1 aromatic rings. The first-order valence-corrected chi connectivity index (χ1v) is 4.87. The molecule has 1 fully saturated rings. The molecule has 1 saturated carbocycles. The van der Waals surface area contributed by atoms with Crippen LogP contribution in [0.5, 0.6) is 0 Å². The summed E-state index contributed by atoms with van der Waals surface area (Å²) in [6, 6.07) is 2.05. The lowest BCUT2D eigenvalue weighted by Crippen LogP contribution is -2.00. The molecule has 1 heterocycles. The zero-order valence-corrected chi connectivity index (χ0v) is 7.74. The Labute approximate surface area is 76.0 Å². The molecule has 0 bridgehead atoms. The topological polar surface area (TPSA) is 20.2 Å². The largest absolute Gasteiger partial charge is 0.378 e. The van der Waals surface area contributed by atoms with E-state index >= 15 is 0 Å². The van der Waals surface area contributed by atoms with Crippen molar-refractivity contribution < 1.29 is 5.11 Å². The molecule has 12 heavy (non-hydrogen) atoms. The van der Waals surface area contributed by atoms with Crippen molar-refractivity contribution in [3.8, 4) is 11.8 Å². The Morgan fingerprint density at radius 2 is 2.33 bits per heavy atom. The third-order valence-electron chi connectivity index (χ3n) is 1.89. The van der Waals surface area contributed by atoms with Crippen LogP contribution in [0.25, 0.3) is 0 Å². The molecule has 1 aliphatic carbocycles. The molecule has 0 aromatic carbocycles. The van der Waals surface area contributed by atoms with E-state index in [1.165, 1.54) is 4.88 Å². The summed E-state index contributed by atoms with van der Waals surface area (Å²) in [6.45, 7) is 2.06. The molecule has 0 unspecified atom stereocenters. The Bertz CT molecular complexity index is 349. The van der Waals surface area contributed by atoms with Crippen LogP contribution in [-0.4, -0.2) is 10.7 Å². The third-order valence-corrected chi connectivity index (χ3v) is 2.76. The summed E-state index contributed by atoms with van der Waals surface area (Å²) in [5.41, 5.74) is 0.383. The minimum atomic E-state index is -0.643. The van der Waals surface area contributed by atoms with Gasteiger partial charge in [0.05, 0.1) is 0 Å². The van der Waals surface area contributed by atoms with Crippen molar-refractivity contribution >= 4 is 11.3 Å². The Morgan fingerprint density at radius 3 is 2.83 bits per heavy atom. The molecule has 1 nitrogen and oxygen atoms in total. The Kier molecular flexibility index (Phi) is 1.71. The van der Waals surface area contributed by atoms with Gasteiger partial charge in [0, 0.05) is 15.8 Å². The smallest absolute Gasteiger partial charge is 0.126 e. The molecular weight excluding hydrogens is 168 g/mol. The van der Waals surface area contributed by atoms with Gasteiger partial charge in [0.2, 0.25) is 0 Å². The van der Waals surface area contributed by atoms with Crippen molar-refractivity contribution in [3.05, 3.63) is 21.9 Å². The van der Waals surface area contributed by atoms with Gasteiger partial charge >= 0.3 is 0 Å². The Hall–Kier alpha value is -0.780. The van der Waals surface area contributed by atoms with Gasteiger partial charge in [-0.15, -0.1) is 11.3 Å². The van der Waals surface area contributed by atoms with Gasteiger partial charge in [-0.3, -0.25) is 0 Å². The molecule has 0 radical (unpaired) electrons. The van der Waals surface area contributed by atoms with Crippen LogP contribution in [0.2, 0.25) is 0 Å². The summed E-state index contributed by atoms with van der Waals surface area (Å²) in [5, 5.41) is 11.4. The minimum Gasteiger partial charge on any atom is -0.378 e. The first kappa shape index (κ1) is 7.85. The summed E-state index contributed by atoms with van der Waals surface area (Å²) >= 11 is 1.69. The molecule has 0 amide bonds. The summed E-state index contributed by atoms with van der Waals surface area (Å²) in [4.78, 5) is 1.27. The second-order valence-electron chi connectivity index (χ2n) is 3.23. The average molecular weight is 178 g/mol. The number of aryl methyl sites for hydroxylation is 1. The summed E-state index contributed by atoms with van der Waals surface area (Å²) in [5.74, 6) is 5.85. The van der Waals surface area contributed by atoms with Crippen LogP contribution in [-0.2, 0) is 0 Å². The zero-order valence-electron chi connectivity index (χ0n) is 6.92. The standard InChI is InChI=1S/C10H10OS/c1-8-6-9(7-12-8)2-3-10(11)4-5-10/h6-7,11H,4-5H2,1H3. The van der Waals surface area contributed by atoms with Gasteiger partial charge in [-0.1, -0.05) is 11.8 Å². The summed E-state index contributed by atoms with van der Waals surface area (Å²) in [7, 11) is 0. The number of hydrogen-bond acceptors (Lipinski definition) is 2. The maximum Gasteiger partial charge on any atom is 0.126 e. The van der Waals surface area contributed by atoms with E-state index < -0.39 is 5.60 Å². The number of rotatable bonds is 0. The van der Waals surface area contributed by atoms with E-state index in [1.54, 1.807) is 11.3 Å². The van der Waals surface area contributed by atoms with E-state index in [0.717, 1.165) is 18.4 Å². The molecule has 0 aliphatic heterocycles. The molecule has 2 heteroatoms. The van der Waals surface area contributed by atoms with Gasteiger partial charge in [0.25, 0.3) is 0 Å². The van der Waals surface area contributed by atoms with Gasteiger partial charge in [0.15, 0.2) is 0 Å². The molecular formula is C10H10OS. The van der Waals surface area contributed by atoms with E-state index in [9.17, 15) is 5.11 Å². The molecule has 1 N–H and O–H groups in total. The third kappa shape index (κ3) is 1.69. The highest BCUT2D eigenvalue weighted by Crippen LogP contribution is 2.34. The average Bonchev–Trinajstić information content (AvgIpc) is 2.60. The second kappa shape index (κ2) is 2.62. The molecule has 2 rings (SSSR count). The van der Waals surface area contributed by atoms with Crippen LogP contribution in [0.4, 0.5) is 0 Å². The van der Waals surface area contributed by atoms with Crippen LogP contribution in [0.3, 0.4) is 0 Å². The van der Waals surface area contributed by atoms with Gasteiger partial charge in [-0.05, 0) is 25.8 Å². The highest BCUT2D eigenvalue weighted by molar-refractivity contribution is 7.10. The Balaban J connectivity index is 2.15. The van der Waals surface area contributed by atoms with Crippen LogP contribution in [0.15, 0.2) is 11.4 Å². The predicted octanol–water partition coefficient (Wildman–Crippen LogP) is 1.93. The van der Waals surface area contributed by atoms with E-state index in [2.05, 4.69) is 18.8 Å². The lowest BCUT2D eigenvalue weighted by molar-refractivity contribution is 0.212. The highest BCUT2D eigenvalue weighted by Gasteiger charge is 2.38. The number of thiophene rings is 1. The van der Waals surface area contributed by atoms with Gasteiger partial charge in [-0.2, -0.15) is 0 Å². The fourth-order valence-corrected chi connectivity index (χ4v) is 1.58. The van der Waals surface area contributed by atoms with Gasteiger partial charge in [0.1, 0.15) is 5.60 Å². The molecule has 1 aliphatic rings. The molecule has 62 valence electrons. The van der Waals surface area contributed by atoms with E-state index in [0.29, 0.717) is 0 Å². The van der Waals surface area contributed by atoms with Crippen molar-refractivity contribution in [2.45, 2.75) is 25.4 Å². The van der Waals surface area contributed by atoms with Gasteiger partial charge in [-0.25, -0.2) is 0 Å². The van der Waals surface area contributed by atoms with Crippen molar-refractivity contribution in [3.63, 3.8) is 0 Å². The SMILES string of the molecule is Cc1cc(C#CC2(O)CC2)cs1. The lowest BCUT2D eigenvalue weighted by atomic mass is 10.3. The zero-order chi connectivity index (χ0) is 8.60. The predicted molar refractivity (Wildman–Crippen MR) is 50.1 cm³/mol. The first-order valence-electron chi connectivity index (χ1n) is 3.99. The fraction of sp³-hybridized carbons (Fsp3) is 0.400. The quantitative estimate of drug-likeness (QED) is 0.602. The van der Waals surface area contributed by atoms with E-state index in [1.807, 2.05) is 11.4 Å². The van der Waals surface area contributed by atoms with Crippen molar-refractivity contribution in [1.29, 1.82) is 0 Å².